The molecule has 21 heavy (non-hydrogen) atoms. The van der Waals surface area contributed by atoms with E-state index in [1.54, 1.807) is 0 Å². The fourth-order valence-electron chi connectivity index (χ4n) is 3.45. The van der Waals surface area contributed by atoms with E-state index in [0.29, 0.717) is 0 Å². The molecule has 0 aliphatic carbocycles. The van der Waals surface area contributed by atoms with E-state index in [1.165, 1.54) is 48.8 Å². The molecule has 1 N–H and O–H groups in total. The van der Waals surface area contributed by atoms with Gasteiger partial charge in [-0.25, -0.2) is 0 Å². The van der Waals surface area contributed by atoms with E-state index in [4.69, 9.17) is 0 Å². The predicted molar refractivity (Wildman–Crippen MR) is 89.5 cm³/mol. The van der Waals surface area contributed by atoms with Gasteiger partial charge in [0.1, 0.15) is 0 Å². The predicted octanol–water partition coefficient (Wildman–Crippen LogP) is 3.00. The molecule has 3 rings (SSSR count). The van der Waals surface area contributed by atoms with Crippen molar-refractivity contribution in [1.29, 1.82) is 0 Å². The molecule has 0 unspecified atom stereocenters. The third-order valence-electron chi connectivity index (χ3n) is 4.86. The van der Waals surface area contributed by atoms with Gasteiger partial charge in [0.25, 0.3) is 0 Å². The lowest BCUT2D eigenvalue weighted by Crippen LogP contribution is -2.31. The molecule has 3 heteroatoms. The number of aryl methyl sites for hydroxylation is 1. The first-order valence-electron chi connectivity index (χ1n) is 8.16. The molecule has 0 spiro atoms. The van der Waals surface area contributed by atoms with Crippen LogP contribution in [0.15, 0.2) is 30.5 Å². The lowest BCUT2D eigenvalue weighted by atomic mass is 9.94. The molecular weight excluding hydrogens is 258 g/mol. The highest BCUT2D eigenvalue weighted by Crippen LogP contribution is 2.21. The minimum Gasteiger partial charge on any atom is -0.350 e. The zero-order valence-electron chi connectivity index (χ0n) is 13.3. The SMILES string of the molecule is CN1CCC(CCNCc2cn(C)c3ccccc23)CC1. The number of likely N-dealkylation sites (tertiary alicyclic amines) is 1. The summed E-state index contributed by atoms with van der Waals surface area (Å²) in [6.45, 7) is 4.66. The van der Waals surface area contributed by atoms with Crippen LogP contribution in [0.1, 0.15) is 24.8 Å². The van der Waals surface area contributed by atoms with Crippen LogP contribution in [0.4, 0.5) is 0 Å². The molecule has 3 nitrogen and oxygen atoms in total. The number of benzene rings is 1. The molecule has 1 aliphatic heterocycles. The van der Waals surface area contributed by atoms with Gasteiger partial charge in [0.15, 0.2) is 0 Å². The molecule has 0 atom stereocenters. The van der Waals surface area contributed by atoms with Crippen LogP contribution in [0, 0.1) is 5.92 Å². The topological polar surface area (TPSA) is 20.2 Å². The highest BCUT2D eigenvalue weighted by atomic mass is 15.1. The van der Waals surface area contributed by atoms with Crippen molar-refractivity contribution >= 4 is 10.9 Å². The number of piperidine rings is 1. The number of aromatic nitrogens is 1. The minimum atomic E-state index is 0.918. The molecule has 114 valence electrons. The molecule has 2 aromatic rings. The maximum atomic E-state index is 3.64. The molecule has 1 aromatic carbocycles. The van der Waals surface area contributed by atoms with Crippen LogP contribution in [0.3, 0.4) is 0 Å². The van der Waals surface area contributed by atoms with E-state index >= 15 is 0 Å². The van der Waals surface area contributed by atoms with Gasteiger partial charge < -0.3 is 14.8 Å². The van der Waals surface area contributed by atoms with Gasteiger partial charge in [0, 0.05) is 30.7 Å². The first kappa shape index (κ1) is 14.6. The average Bonchev–Trinajstić information content (AvgIpc) is 2.83. The Morgan fingerprint density at radius 1 is 1.14 bits per heavy atom. The van der Waals surface area contributed by atoms with Gasteiger partial charge in [0.2, 0.25) is 0 Å². The third kappa shape index (κ3) is 3.47. The molecule has 0 amide bonds. The minimum absolute atomic E-state index is 0.918. The number of hydrogen-bond donors (Lipinski definition) is 1. The van der Waals surface area contributed by atoms with E-state index in [1.807, 2.05) is 0 Å². The van der Waals surface area contributed by atoms with Gasteiger partial charge in [-0.2, -0.15) is 0 Å². The van der Waals surface area contributed by atoms with Crippen LogP contribution in [0.2, 0.25) is 0 Å². The second-order valence-corrected chi connectivity index (χ2v) is 6.49. The molecule has 0 radical (unpaired) electrons. The summed E-state index contributed by atoms with van der Waals surface area (Å²) in [6, 6.07) is 8.66. The summed E-state index contributed by atoms with van der Waals surface area (Å²) in [6.07, 6.45) is 6.31. The van der Waals surface area contributed by atoms with E-state index in [-0.39, 0.29) is 0 Å². The summed E-state index contributed by atoms with van der Waals surface area (Å²) in [4.78, 5) is 2.44. The zero-order valence-corrected chi connectivity index (χ0v) is 13.3. The van der Waals surface area contributed by atoms with Crippen molar-refractivity contribution in [2.24, 2.45) is 13.0 Å². The van der Waals surface area contributed by atoms with Crippen molar-refractivity contribution in [3.05, 3.63) is 36.0 Å². The van der Waals surface area contributed by atoms with Crippen LogP contribution in [0.25, 0.3) is 10.9 Å². The van der Waals surface area contributed by atoms with E-state index in [2.05, 4.69) is 59.3 Å². The van der Waals surface area contributed by atoms with Crippen LogP contribution in [-0.2, 0) is 13.6 Å². The lowest BCUT2D eigenvalue weighted by molar-refractivity contribution is 0.211. The smallest absolute Gasteiger partial charge is 0.0481 e. The molecule has 1 aromatic heterocycles. The molecule has 1 saturated heterocycles. The highest BCUT2D eigenvalue weighted by Gasteiger charge is 2.15. The number of rotatable bonds is 5. The Morgan fingerprint density at radius 3 is 2.71 bits per heavy atom. The maximum absolute atomic E-state index is 3.64. The second-order valence-electron chi connectivity index (χ2n) is 6.49. The zero-order chi connectivity index (χ0) is 14.7. The quantitative estimate of drug-likeness (QED) is 0.852. The molecular formula is C18H27N3. The number of para-hydroxylation sites is 1. The van der Waals surface area contributed by atoms with Gasteiger partial charge >= 0.3 is 0 Å². The average molecular weight is 285 g/mol. The summed E-state index contributed by atoms with van der Waals surface area (Å²) in [5.74, 6) is 0.918. The van der Waals surface area contributed by atoms with E-state index in [9.17, 15) is 0 Å². The summed E-state index contributed by atoms with van der Waals surface area (Å²) < 4.78 is 2.23. The van der Waals surface area contributed by atoms with Crippen molar-refractivity contribution in [1.82, 2.24) is 14.8 Å². The lowest BCUT2D eigenvalue weighted by Gasteiger charge is -2.28. The molecule has 2 heterocycles. The van der Waals surface area contributed by atoms with Crippen molar-refractivity contribution in [2.75, 3.05) is 26.7 Å². The Bertz CT molecular complexity index is 579. The van der Waals surface area contributed by atoms with Gasteiger partial charge in [0.05, 0.1) is 0 Å². The maximum Gasteiger partial charge on any atom is 0.0481 e. The molecule has 1 aliphatic rings. The standard InChI is InChI=1S/C18H27N3/c1-20-11-8-15(9-12-20)7-10-19-13-16-14-21(2)18-6-4-3-5-17(16)18/h3-6,14-15,19H,7-13H2,1-2H3. The number of nitrogens with zero attached hydrogens (tertiary/aromatic N) is 2. The first-order valence-corrected chi connectivity index (χ1v) is 8.16. The van der Waals surface area contributed by atoms with Gasteiger partial charge in [-0.3, -0.25) is 0 Å². The Kier molecular flexibility index (Phi) is 4.61. The second kappa shape index (κ2) is 6.63. The van der Waals surface area contributed by atoms with Crippen molar-refractivity contribution in [2.45, 2.75) is 25.8 Å². The van der Waals surface area contributed by atoms with Crippen LogP contribution < -0.4 is 5.32 Å². The van der Waals surface area contributed by atoms with Crippen LogP contribution >= 0.6 is 0 Å². The number of nitrogens with one attached hydrogen (secondary N) is 1. The number of hydrogen-bond acceptors (Lipinski definition) is 2. The summed E-state index contributed by atoms with van der Waals surface area (Å²) in [5, 5.41) is 5.02. The highest BCUT2D eigenvalue weighted by molar-refractivity contribution is 5.83. The molecule has 0 bridgehead atoms. The first-order chi connectivity index (χ1) is 10.2. The Balaban J connectivity index is 1.49. The number of fused-ring (bicyclic) bond motifs is 1. The molecule has 1 fully saturated rings. The van der Waals surface area contributed by atoms with Crippen molar-refractivity contribution in [3.8, 4) is 0 Å². The largest absolute Gasteiger partial charge is 0.350 e. The van der Waals surface area contributed by atoms with Gasteiger partial charge in [-0.1, -0.05) is 18.2 Å². The third-order valence-corrected chi connectivity index (χ3v) is 4.86. The van der Waals surface area contributed by atoms with Crippen molar-refractivity contribution < 1.29 is 0 Å². The fourth-order valence-corrected chi connectivity index (χ4v) is 3.45. The van der Waals surface area contributed by atoms with Crippen LogP contribution in [0.5, 0.6) is 0 Å². The fraction of sp³-hybridized carbons (Fsp3) is 0.556. The van der Waals surface area contributed by atoms with Crippen LogP contribution in [-0.4, -0.2) is 36.1 Å². The van der Waals surface area contributed by atoms with E-state index in [0.717, 1.165) is 19.0 Å². The summed E-state index contributed by atoms with van der Waals surface area (Å²) in [5.41, 5.74) is 2.74. The Morgan fingerprint density at radius 2 is 1.90 bits per heavy atom. The van der Waals surface area contributed by atoms with Gasteiger partial charge in [-0.15, -0.1) is 0 Å². The van der Waals surface area contributed by atoms with E-state index < -0.39 is 0 Å². The van der Waals surface area contributed by atoms with Crippen molar-refractivity contribution in [3.63, 3.8) is 0 Å². The Labute approximate surface area is 127 Å². The monoisotopic (exact) mass is 285 g/mol. The summed E-state index contributed by atoms with van der Waals surface area (Å²) >= 11 is 0. The summed E-state index contributed by atoms with van der Waals surface area (Å²) in [7, 11) is 4.36. The Hall–Kier alpha value is -1.32. The normalized spacial score (nSPS) is 17.6. The van der Waals surface area contributed by atoms with Gasteiger partial charge in [-0.05, 0) is 63.5 Å². The molecule has 0 saturated carbocycles.